The number of aromatic nitrogens is 4. The first-order valence-electron chi connectivity index (χ1n) is 10.8. The second-order valence-corrected chi connectivity index (χ2v) is 9.79. The van der Waals surface area contributed by atoms with Crippen LogP contribution in [0.25, 0.3) is 5.69 Å². The zero-order chi connectivity index (χ0) is 23.3. The highest BCUT2D eigenvalue weighted by Gasteiger charge is 2.27. The topological polar surface area (TPSA) is 119 Å². The SMILES string of the molecule is Cc1ccc(NC(=O)COc2ccc(-n3cnnn3)cc2)cc1S(=O)(=O)N1CCCCCC1. The molecular weight excluding hydrogens is 444 g/mol. The van der Waals surface area contributed by atoms with Crippen LogP contribution in [0.5, 0.6) is 5.75 Å². The summed E-state index contributed by atoms with van der Waals surface area (Å²) in [5.41, 5.74) is 1.82. The summed E-state index contributed by atoms with van der Waals surface area (Å²) in [7, 11) is -3.62. The van der Waals surface area contributed by atoms with Crippen molar-refractivity contribution < 1.29 is 17.9 Å². The van der Waals surface area contributed by atoms with E-state index >= 15 is 0 Å². The number of benzene rings is 2. The molecule has 2 aromatic carbocycles. The van der Waals surface area contributed by atoms with Crippen molar-refractivity contribution in [1.29, 1.82) is 0 Å². The van der Waals surface area contributed by atoms with Crippen LogP contribution in [0.15, 0.2) is 53.7 Å². The predicted molar refractivity (Wildman–Crippen MR) is 122 cm³/mol. The van der Waals surface area contributed by atoms with E-state index in [9.17, 15) is 13.2 Å². The molecule has 11 heteroatoms. The lowest BCUT2D eigenvalue weighted by Crippen LogP contribution is -2.32. The summed E-state index contributed by atoms with van der Waals surface area (Å²) in [5.74, 6) is 0.122. The molecule has 0 bridgehead atoms. The van der Waals surface area contributed by atoms with Crippen LogP contribution in [0.4, 0.5) is 5.69 Å². The van der Waals surface area contributed by atoms with E-state index in [1.165, 1.54) is 17.1 Å². The number of ether oxygens (including phenoxy) is 1. The van der Waals surface area contributed by atoms with Gasteiger partial charge in [0.25, 0.3) is 5.91 Å². The van der Waals surface area contributed by atoms with Crippen molar-refractivity contribution >= 4 is 21.6 Å². The first-order valence-corrected chi connectivity index (χ1v) is 12.2. The van der Waals surface area contributed by atoms with Gasteiger partial charge in [-0.25, -0.2) is 13.1 Å². The number of tetrazole rings is 1. The summed E-state index contributed by atoms with van der Waals surface area (Å²) in [5, 5.41) is 13.7. The number of hydrogen-bond donors (Lipinski definition) is 1. The van der Waals surface area contributed by atoms with Crippen LogP contribution in [-0.2, 0) is 14.8 Å². The molecule has 0 spiro atoms. The Labute approximate surface area is 192 Å². The number of carbonyl (C=O) groups is 1. The fourth-order valence-electron chi connectivity index (χ4n) is 3.70. The van der Waals surface area contributed by atoms with Gasteiger partial charge in [-0.2, -0.15) is 4.31 Å². The van der Waals surface area contributed by atoms with E-state index in [1.54, 1.807) is 47.6 Å². The van der Waals surface area contributed by atoms with E-state index in [-0.39, 0.29) is 17.4 Å². The van der Waals surface area contributed by atoms with E-state index in [1.807, 2.05) is 0 Å². The fraction of sp³-hybridized carbons (Fsp3) is 0.364. The van der Waals surface area contributed by atoms with Gasteiger partial charge in [-0.1, -0.05) is 18.9 Å². The zero-order valence-corrected chi connectivity index (χ0v) is 19.2. The number of nitrogens with zero attached hydrogens (tertiary/aromatic N) is 5. The summed E-state index contributed by atoms with van der Waals surface area (Å²) in [6, 6.07) is 11.9. The Hall–Kier alpha value is -3.31. The predicted octanol–water partition coefficient (Wildman–Crippen LogP) is 2.55. The molecule has 10 nitrogen and oxygen atoms in total. The third kappa shape index (κ3) is 5.55. The highest BCUT2D eigenvalue weighted by Crippen LogP contribution is 2.26. The highest BCUT2D eigenvalue weighted by atomic mass is 32.2. The molecule has 0 saturated carbocycles. The minimum absolute atomic E-state index is 0.216. The van der Waals surface area contributed by atoms with E-state index in [0.29, 0.717) is 30.1 Å². The van der Waals surface area contributed by atoms with Crippen LogP contribution in [0.3, 0.4) is 0 Å². The quantitative estimate of drug-likeness (QED) is 0.563. The Bertz CT molecular complexity index is 1190. The second-order valence-electron chi connectivity index (χ2n) is 7.88. The normalized spacial score (nSPS) is 15.1. The van der Waals surface area contributed by atoms with Crippen LogP contribution in [0.2, 0.25) is 0 Å². The average molecular weight is 471 g/mol. The number of nitrogens with one attached hydrogen (secondary N) is 1. The van der Waals surface area contributed by atoms with Crippen LogP contribution in [-0.4, -0.2) is 58.5 Å². The standard InChI is InChI=1S/C22H26N6O4S/c1-17-6-7-18(14-21(17)33(30,31)27-12-4-2-3-5-13-27)24-22(29)15-32-20-10-8-19(9-11-20)28-16-23-25-26-28/h6-11,14,16H,2-5,12-13,15H2,1H3,(H,24,29). The maximum absolute atomic E-state index is 13.2. The lowest BCUT2D eigenvalue weighted by atomic mass is 10.2. The summed E-state index contributed by atoms with van der Waals surface area (Å²) < 4.78 is 35.0. The van der Waals surface area contributed by atoms with Crippen LogP contribution in [0.1, 0.15) is 31.2 Å². The lowest BCUT2D eigenvalue weighted by Gasteiger charge is -2.21. The number of sulfonamides is 1. The summed E-state index contributed by atoms with van der Waals surface area (Å²) in [4.78, 5) is 12.6. The summed E-state index contributed by atoms with van der Waals surface area (Å²) in [6.07, 6.45) is 5.29. The number of aryl methyl sites for hydroxylation is 1. The lowest BCUT2D eigenvalue weighted by molar-refractivity contribution is -0.118. The molecule has 4 rings (SSSR count). The highest BCUT2D eigenvalue weighted by molar-refractivity contribution is 7.89. The Balaban J connectivity index is 1.39. The molecule has 1 fully saturated rings. The van der Waals surface area contributed by atoms with Gasteiger partial charge in [-0.15, -0.1) is 5.10 Å². The molecule has 0 unspecified atom stereocenters. The molecule has 174 valence electrons. The van der Waals surface area contributed by atoms with E-state index in [2.05, 4.69) is 20.8 Å². The molecule has 0 aliphatic carbocycles. The minimum Gasteiger partial charge on any atom is -0.484 e. The van der Waals surface area contributed by atoms with Crippen molar-refractivity contribution in [3.8, 4) is 11.4 Å². The molecule has 1 N–H and O–H groups in total. The van der Waals surface area contributed by atoms with Crippen molar-refractivity contribution in [3.05, 3.63) is 54.4 Å². The number of hydrogen-bond acceptors (Lipinski definition) is 7. The van der Waals surface area contributed by atoms with Crippen LogP contribution < -0.4 is 10.1 Å². The average Bonchev–Trinajstić information content (AvgIpc) is 3.20. The molecule has 2 heterocycles. The van der Waals surface area contributed by atoms with Crippen molar-refractivity contribution in [2.45, 2.75) is 37.5 Å². The van der Waals surface area contributed by atoms with Gasteiger partial charge in [-0.3, -0.25) is 4.79 Å². The van der Waals surface area contributed by atoms with Gasteiger partial charge in [0.1, 0.15) is 12.1 Å². The van der Waals surface area contributed by atoms with Crippen molar-refractivity contribution in [2.75, 3.05) is 25.0 Å². The maximum atomic E-state index is 13.2. The molecule has 33 heavy (non-hydrogen) atoms. The van der Waals surface area contributed by atoms with Crippen molar-refractivity contribution in [1.82, 2.24) is 24.5 Å². The first-order chi connectivity index (χ1) is 15.9. The van der Waals surface area contributed by atoms with Gasteiger partial charge in [0, 0.05) is 18.8 Å². The molecule has 0 radical (unpaired) electrons. The molecule has 1 saturated heterocycles. The Morgan fingerprint density at radius 2 is 1.79 bits per heavy atom. The largest absolute Gasteiger partial charge is 0.484 e. The molecule has 1 aliphatic heterocycles. The maximum Gasteiger partial charge on any atom is 0.262 e. The van der Waals surface area contributed by atoms with Gasteiger partial charge < -0.3 is 10.1 Å². The molecule has 3 aromatic rings. The van der Waals surface area contributed by atoms with E-state index in [0.717, 1.165) is 31.4 Å². The number of amides is 1. The zero-order valence-electron chi connectivity index (χ0n) is 18.3. The number of carbonyl (C=O) groups excluding carboxylic acids is 1. The molecule has 1 aliphatic rings. The summed E-state index contributed by atoms with van der Waals surface area (Å²) in [6.45, 7) is 2.60. The van der Waals surface area contributed by atoms with E-state index < -0.39 is 10.0 Å². The first kappa shape index (κ1) is 22.9. The Morgan fingerprint density at radius 3 is 2.45 bits per heavy atom. The Morgan fingerprint density at radius 1 is 1.06 bits per heavy atom. The third-order valence-electron chi connectivity index (χ3n) is 5.47. The van der Waals surface area contributed by atoms with Crippen molar-refractivity contribution in [3.63, 3.8) is 0 Å². The van der Waals surface area contributed by atoms with E-state index in [4.69, 9.17) is 4.74 Å². The van der Waals surface area contributed by atoms with Gasteiger partial charge in [0.15, 0.2) is 6.61 Å². The minimum atomic E-state index is -3.62. The Kier molecular flexibility index (Phi) is 6.99. The molecule has 0 atom stereocenters. The van der Waals surface area contributed by atoms with Gasteiger partial charge in [-0.05, 0) is 72.2 Å². The van der Waals surface area contributed by atoms with Gasteiger partial charge in [0.2, 0.25) is 10.0 Å². The van der Waals surface area contributed by atoms with Crippen LogP contribution in [0, 0.1) is 6.92 Å². The van der Waals surface area contributed by atoms with Gasteiger partial charge >= 0.3 is 0 Å². The molecular formula is C22H26N6O4S. The number of rotatable bonds is 7. The monoisotopic (exact) mass is 470 g/mol. The van der Waals surface area contributed by atoms with Gasteiger partial charge in [0.05, 0.1) is 10.6 Å². The third-order valence-corrected chi connectivity index (χ3v) is 7.52. The van der Waals surface area contributed by atoms with Crippen LogP contribution >= 0.6 is 0 Å². The van der Waals surface area contributed by atoms with Crippen molar-refractivity contribution in [2.24, 2.45) is 0 Å². The smallest absolute Gasteiger partial charge is 0.262 e. The fourth-order valence-corrected chi connectivity index (χ4v) is 5.47. The molecule has 1 aromatic heterocycles. The number of anilines is 1. The second kappa shape index (κ2) is 10.1. The summed E-state index contributed by atoms with van der Waals surface area (Å²) >= 11 is 0. The molecule has 1 amide bonds.